The number of benzene rings is 4. The monoisotopic (exact) mass is 348 g/mol. The first-order valence-corrected chi connectivity index (χ1v) is 9.00. The Hall–Kier alpha value is -3.52. The number of ketones is 2. The molecule has 5 rings (SSSR count). The van der Waals surface area contributed by atoms with Gasteiger partial charge in [0.2, 0.25) is 0 Å². The van der Waals surface area contributed by atoms with Crippen LogP contribution in [0.2, 0.25) is 0 Å². The van der Waals surface area contributed by atoms with E-state index >= 15 is 0 Å². The maximum atomic E-state index is 12.9. The molecule has 0 aliphatic heterocycles. The lowest BCUT2D eigenvalue weighted by atomic mass is 9.81. The van der Waals surface area contributed by atoms with Gasteiger partial charge in [0, 0.05) is 28.5 Å². The van der Waals surface area contributed by atoms with Gasteiger partial charge in [0.25, 0.3) is 0 Å². The number of hydrogen-bond acceptors (Lipinski definition) is 2. The number of rotatable bonds is 3. The molecule has 2 heteroatoms. The average Bonchev–Trinajstić information content (AvgIpc) is 2.72. The molecule has 1 aliphatic rings. The van der Waals surface area contributed by atoms with Gasteiger partial charge in [-0.1, -0.05) is 84.9 Å². The Morgan fingerprint density at radius 1 is 0.667 bits per heavy atom. The summed E-state index contributed by atoms with van der Waals surface area (Å²) in [6.45, 7) is 0. The molecule has 0 saturated heterocycles. The molecule has 0 aromatic heterocycles. The predicted octanol–water partition coefficient (Wildman–Crippen LogP) is 5.48. The normalized spacial score (nSPS) is 12.1. The average molecular weight is 348 g/mol. The van der Waals surface area contributed by atoms with Gasteiger partial charge in [-0.3, -0.25) is 9.59 Å². The maximum absolute atomic E-state index is 12.9. The van der Waals surface area contributed by atoms with E-state index < -0.39 is 0 Å². The van der Waals surface area contributed by atoms with Crippen molar-refractivity contribution in [3.8, 4) is 11.1 Å². The van der Waals surface area contributed by atoms with E-state index in [-0.39, 0.29) is 11.6 Å². The number of hydrogen-bond donors (Lipinski definition) is 0. The van der Waals surface area contributed by atoms with Crippen LogP contribution in [0.4, 0.5) is 0 Å². The fourth-order valence-corrected chi connectivity index (χ4v) is 3.97. The molecule has 0 N–H and O–H groups in total. The lowest BCUT2D eigenvalue weighted by molar-refractivity contribution is 0.0991. The molecule has 0 spiro atoms. The number of carbonyl (C=O) groups is 2. The van der Waals surface area contributed by atoms with Crippen LogP contribution in [0.5, 0.6) is 0 Å². The van der Waals surface area contributed by atoms with Crippen molar-refractivity contribution >= 4 is 22.3 Å². The van der Waals surface area contributed by atoms with Crippen LogP contribution in [0, 0.1) is 0 Å². The van der Waals surface area contributed by atoms with E-state index in [0.29, 0.717) is 6.42 Å². The van der Waals surface area contributed by atoms with E-state index in [2.05, 4.69) is 6.07 Å². The third kappa shape index (κ3) is 2.49. The smallest absolute Gasteiger partial charge is 0.194 e. The largest absolute Gasteiger partial charge is 0.294 e. The molecule has 2 nitrogen and oxygen atoms in total. The summed E-state index contributed by atoms with van der Waals surface area (Å²) >= 11 is 0. The lowest BCUT2D eigenvalue weighted by Gasteiger charge is -2.20. The van der Waals surface area contributed by atoms with Crippen LogP contribution in [-0.2, 0) is 6.42 Å². The first-order chi connectivity index (χ1) is 13.2. The summed E-state index contributed by atoms with van der Waals surface area (Å²) in [4.78, 5) is 25.6. The molecule has 0 amide bonds. The van der Waals surface area contributed by atoms with Gasteiger partial charge in [-0.15, -0.1) is 0 Å². The SMILES string of the molecule is O=C(Cc1cc2c3c(cccc3c1)C(=O)c1ccccc1-2)c1ccccc1. The molecule has 128 valence electrons. The molecule has 4 aromatic carbocycles. The van der Waals surface area contributed by atoms with Gasteiger partial charge in [-0.2, -0.15) is 0 Å². The summed E-state index contributed by atoms with van der Waals surface area (Å²) in [5.74, 6) is 0.162. The third-order valence-corrected chi connectivity index (χ3v) is 5.20. The Labute approximate surface area is 157 Å². The Morgan fingerprint density at radius 2 is 1.37 bits per heavy atom. The van der Waals surface area contributed by atoms with Crippen LogP contribution in [0.3, 0.4) is 0 Å². The van der Waals surface area contributed by atoms with Crippen LogP contribution in [0.25, 0.3) is 21.9 Å². The van der Waals surface area contributed by atoms with E-state index in [1.165, 1.54) is 0 Å². The van der Waals surface area contributed by atoms with Gasteiger partial charge in [-0.25, -0.2) is 0 Å². The second-order valence-electron chi connectivity index (χ2n) is 6.89. The quantitative estimate of drug-likeness (QED) is 0.405. The number of carbonyl (C=O) groups excluding carboxylic acids is 2. The van der Waals surface area contributed by atoms with E-state index in [0.717, 1.165) is 44.2 Å². The van der Waals surface area contributed by atoms with Crippen molar-refractivity contribution in [3.05, 3.63) is 107 Å². The highest BCUT2D eigenvalue weighted by Gasteiger charge is 2.25. The third-order valence-electron chi connectivity index (χ3n) is 5.20. The van der Waals surface area contributed by atoms with Crippen LogP contribution < -0.4 is 0 Å². The highest BCUT2D eigenvalue weighted by Crippen LogP contribution is 2.40. The summed E-state index contributed by atoms with van der Waals surface area (Å²) in [6.07, 6.45) is 0.341. The molecule has 1 aliphatic carbocycles. The van der Waals surface area contributed by atoms with Gasteiger partial charge in [0.15, 0.2) is 11.6 Å². The highest BCUT2D eigenvalue weighted by molar-refractivity contribution is 6.26. The zero-order chi connectivity index (χ0) is 18.4. The highest BCUT2D eigenvalue weighted by atomic mass is 16.1. The Kier molecular flexibility index (Phi) is 3.51. The zero-order valence-corrected chi connectivity index (χ0v) is 14.6. The molecule has 0 bridgehead atoms. The van der Waals surface area contributed by atoms with Crippen molar-refractivity contribution in [2.75, 3.05) is 0 Å². The first-order valence-electron chi connectivity index (χ1n) is 9.00. The van der Waals surface area contributed by atoms with Crippen molar-refractivity contribution in [3.63, 3.8) is 0 Å². The van der Waals surface area contributed by atoms with Crippen molar-refractivity contribution in [1.29, 1.82) is 0 Å². The fraction of sp³-hybridized carbons (Fsp3) is 0.0400. The fourth-order valence-electron chi connectivity index (χ4n) is 3.97. The van der Waals surface area contributed by atoms with Crippen molar-refractivity contribution in [2.24, 2.45) is 0 Å². The molecule has 0 fully saturated rings. The Balaban J connectivity index is 1.69. The second-order valence-corrected chi connectivity index (χ2v) is 6.89. The van der Waals surface area contributed by atoms with Gasteiger partial charge < -0.3 is 0 Å². The van der Waals surface area contributed by atoms with Crippen LogP contribution in [0.1, 0.15) is 31.8 Å². The maximum Gasteiger partial charge on any atom is 0.194 e. The summed E-state index contributed by atoms with van der Waals surface area (Å²) in [5.41, 5.74) is 5.13. The first kappa shape index (κ1) is 15.7. The topological polar surface area (TPSA) is 34.1 Å². The second kappa shape index (κ2) is 6.03. The predicted molar refractivity (Wildman–Crippen MR) is 107 cm³/mol. The number of Topliss-reactive ketones (excluding diaryl/α,β-unsaturated/α-hetero) is 1. The minimum atomic E-state index is 0.0665. The molecule has 0 atom stereocenters. The standard InChI is InChI=1S/C25H16O2/c26-23(17-7-2-1-3-8-17)15-16-13-18-9-6-12-21-24(18)22(14-16)19-10-4-5-11-20(19)25(21)27/h1-14H,15H2. The molecule has 0 radical (unpaired) electrons. The van der Waals surface area contributed by atoms with E-state index in [4.69, 9.17) is 0 Å². The van der Waals surface area contributed by atoms with Gasteiger partial charge in [0.1, 0.15) is 0 Å². The molecular weight excluding hydrogens is 332 g/mol. The molecular formula is C25H16O2. The minimum absolute atomic E-state index is 0.0665. The molecule has 0 unspecified atom stereocenters. The minimum Gasteiger partial charge on any atom is -0.294 e. The van der Waals surface area contributed by atoms with E-state index in [1.807, 2.05) is 78.9 Å². The zero-order valence-electron chi connectivity index (χ0n) is 14.6. The van der Waals surface area contributed by atoms with Gasteiger partial charge in [-0.05, 0) is 22.1 Å². The van der Waals surface area contributed by atoms with Gasteiger partial charge >= 0.3 is 0 Å². The van der Waals surface area contributed by atoms with Crippen LogP contribution in [-0.4, -0.2) is 11.6 Å². The Bertz CT molecular complexity index is 1220. The van der Waals surface area contributed by atoms with Crippen LogP contribution >= 0.6 is 0 Å². The molecule has 27 heavy (non-hydrogen) atoms. The van der Waals surface area contributed by atoms with E-state index in [9.17, 15) is 9.59 Å². The van der Waals surface area contributed by atoms with Gasteiger partial charge in [0.05, 0.1) is 0 Å². The lowest BCUT2D eigenvalue weighted by Crippen LogP contribution is -2.10. The molecule has 4 aromatic rings. The van der Waals surface area contributed by atoms with Crippen LogP contribution in [0.15, 0.2) is 84.9 Å². The molecule has 0 saturated carbocycles. The summed E-state index contributed by atoms with van der Waals surface area (Å²) in [7, 11) is 0. The summed E-state index contributed by atoms with van der Waals surface area (Å²) in [6, 6.07) is 27.0. The summed E-state index contributed by atoms with van der Waals surface area (Å²) < 4.78 is 0. The van der Waals surface area contributed by atoms with Crippen molar-refractivity contribution < 1.29 is 9.59 Å². The molecule has 0 heterocycles. The van der Waals surface area contributed by atoms with Crippen molar-refractivity contribution in [1.82, 2.24) is 0 Å². The van der Waals surface area contributed by atoms with Crippen molar-refractivity contribution in [2.45, 2.75) is 6.42 Å². The number of fused-ring (bicyclic) bond motifs is 2. The Morgan fingerprint density at radius 3 is 2.19 bits per heavy atom. The van der Waals surface area contributed by atoms with E-state index in [1.54, 1.807) is 0 Å². The summed E-state index contributed by atoms with van der Waals surface area (Å²) in [5, 5.41) is 1.99.